The van der Waals surface area contributed by atoms with E-state index in [9.17, 15) is 9.18 Å². The number of ether oxygens (including phenoxy) is 1. The Morgan fingerprint density at radius 1 is 1.45 bits per heavy atom. The summed E-state index contributed by atoms with van der Waals surface area (Å²) in [6.45, 7) is 3.11. The van der Waals surface area contributed by atoms with Gasteiger partial charge in [0.1, 0.15) is 15.7 Å². The Hall–Kier alpha value is -1.79. The van der Waals surface area contributed by atoms with Crippen molar-refractivity contribution >= 4 is 17.2 Å². The maximum atomic E-state index is 13.0. The van der Waals surface area contributed by atoms with E-state index in [2.05, 4.69) is 10.3 Å². The van der Waals surface area contributed by atoms with Crippen LogP contribution in [0.5, 0.6) is 0 Å². The molecule has 0 saturated carbocycles. The van der Waals surface area contributed by atoms with E-state index in [4.69, 9.17) is 4.74 Å². The van der Waals surface area contributed by atoms with Gasteiger partial charge in [-0.05, 0) is 44.0 Å². The first kappa shape index (κ1) is 15.1. The molecule has 4 nitrogen and oxygen atoms in total. The van der Waals surface area contributed by atoms with Crippen molar-refractivity contribution in [1.29, 1.82) is 0 Å². The highest BCUT2D eigenvalue weighted by molar-refractivity contribution is 7.17. The average Bonchev–Trinajstić information content (AvgIpc) is 3.15. The molecule has 1 fully saturated rings. The summed E-state index contributed by atoms with van der Waals surface area (Å²) >= 11 is 1.32. The summed E-state index contributed by atoms with van der Waals surface area (Å²) < 4.78 is 18.5. The topological polar surface area (TPSA) is 51.2 Å². The van der Waals surface area contributed by atoms with Crippen LogP contribution in [0, 0.1) is 12.7 Å². The molecular formula is C16H17FN2O2S. The fraction of sp³-hybridized carbons (Fsp3) is 0.375. The number of rotatable bonds is 4. The van der Waals surface area contributed by atoms with Crippen LogP contribution < -0.4 is 5.32 Å². The second-order valence-electron chi connectivity index (χ2n) is 5.29. The predicted molar refractivity (Wildman–Crippen MR) is 83.6 cm³/mol. The summed E-state index contributed by atoms with van der Waals surface area (Å²) in [6.07, 6.45) is 2.16. The largest absolute Gasteiger partial charge is 0.376 e. The molecule has 116 valence electrons. The lowest BCUT2D eigenvalue weighted by molar-refractivity contribution is 0.0860. The highest BCUT2D eigenvalue weighted by atomic mass is 32.1. The van der Waals surface area contributed by atoms with Crippen molar-refractivity contribution in [3.8, 4) is 10.6 Å². The van der Waals surface area contributed by atoms with E-state index in [0.717, 1.165) is 30.0 Å². The second-order valence-corrected chi connectivity index (χ2v) is 6.28. The van der Waals surface area contributed by atoms with Crippen molar-refractivity contribution in [1.82, 2.24) is 10.3 Å². The summed E-state index contributed by atoms with van der Waals surface area (Å²) in [7, 11) is 0. The molecule has 3 rings (SSSR count). The molecule has 0 aliphatic carbocycles. The molecule has 1 aromatic carbocycles. The molecule has 2 aromatic rings. The second kappa shape index (κ2) is 6.54. The third kappa shape index (κ3) is 3.34. The Bertz CT molecular complexity index is 663. The monoisotopic (exact) mass is 320 g/mol. The molecule has 1 atom stereocenters. The van der Waals surface area contributed by atoms with Crippen molar-refractivity contribution in [2.45, 2.75) is 25.9 Å². The Labute approximate surface area is 132 Å². The predicted octanol–water partition coefficient (Wildman–Crippen LogP) is 3.17. The third-order valence-electron chi connectivity index (χ3n) is 3.61. The quantitative estimate of drug-likeness (QED) is 0.941. The van der Waals surface area contributed by atoms with Crippen LogP contribution in [0.2, 0.25) is 0 Å². The van der Waals surface area contributed by atoms with E-state index in [0.29, 0.717) is 17.1 Å². The number of carbonyl (C=O) groups is 1. The molecule has 1 amide bonds. The minimum atomic E-state index is -0.286. The Morgan fingerprint density at radius 2 is 2.23 bits per heavy atom. The molecule has 0 bridgehead atoms. The number of amides is 1. The number of halogens is 1. The van der Waals surface area contributed by atoms with Gasteiger partial charge in [-0.1, -0.05) is 0 Å². The summed E-state index contributed by atoms with van der Waals surface area (Å²) in [5, 5.41) is 3.62. The van der Waals surface area contributed by atoms with Crippen molar-refractivity contribution < 1.29 is 13.9 Å². The lowest BCUT2D eigenvalue weighted by atomic mass is 10.2. The van der Waals surface area contributed by atoms with E-state index in [-0.39, 0.29) is 17.8 Å². The maximum Gasteiger partial charge on any atom is 0.263 e. The number of nitrogens with one attached hydrogen (secondary N) is 1. The van der Waals surface area contributed by atoms with Crippen LogP contribution in [0.3, 0.4) is 0 Å². The molecule has 6 heteroatoms. The van der Waals surface area contributed by atoms with Crippen LogP contribution in [-0.4, -0.2) is 30.1 Å². The SMILES string of the molecule is Cc1nc(-c2ccc(F)cc2)sc1C(=O)NCC1CCCO1. The highest BCUT2D eigenvalue weighted by Gasteiger charge is 2.19. The zero-order valence-corrected chi connectivity index (χ0v) is 13.1. The van der Waals surface area contributed by atoms with Gasteiger partial charge in [-0.2, -0.15) is 0 Å². The van der Waals surface area contributed by atoms with Crippen LogP contribution in [0.25, 0.3) is 10.6 Å². The lowest BCUT2D eigenvalue weighted by Gasteiger charge is -2.09. The van der Waals surface area contributed by atoms with Gasteiger partial charge in [0.2, 0.25) is 0 Å². The fourth-order valence-electron chi connectivity index (χ4n) is 2.42. The van der Waals surface area contributed by atoms with Gasteiger partial charge >= 0.3 is 0 Å². The first-order valence-corrected chi connectivity index (χ1v) is 8.08. The van der Waals surface area contributed by atoms with Gasteiger partial charge in [-0.3, -0.25) is 4.79 Å². The van der Waals surface area contributed by atoms with Crippen molar-refractivity contribution in [2.75, 3.05) is 13.2 Å². The van der Waals surface area contributed by atoms with E-state index in [1.54, 1.807) is 12.1 Å². The molecule has 0 spiro atoms. The molecule has 1 aliphatic heterocycles. The van der Waals surface area contributed by atoms with Gasteiger partial charge < -0.3 is 10.1 Å². The third-order valence-corrected chi connectivity index (χ3v) is 4.81. The van der Waals surface area contributed by atoms with Gasteiger partial charge in [0.25, 0.3) is 5.91 Å². The van der Waals surface area contributed by atoms with Gasteiger partial charge in [0.15, 0.2) is 0 Å². The number of nitrogens with zero attached hydrogens (tertiary/aromatic N) is 1. The molecule has 22 heavy (non-hydrogen) atoms. The highest BCUT2D eigenvalue weighted by Crippen LogP contribution is 2.28. The van der Waals surface area contributed by atoms with E-state index >= 15 is 0 Å². The molecule has 1 saturated heterocycles. The number of hydrogen-bond acceptors (Lipinski definition) is 4. The van der Waals surface area contributed by atoms with Gasteiger partial charge in [0, 0.05) is 18.7 Å². The summed E-state index contributed by atoms with van der Waals surface area (Å²) in [4.78, 5) is 17.3. The van der Waals surface area contributed by atoms with Crippen LogP contribution in [0.4, 0.5) is 4.39 Å². The first-order chi connectivity index (χ1) is 10.6. The van der Waals surface area contributed by atoms with Crippen LogP contribution >= 0.6 is 11.3 Å². The van der Waals surface area contributed by atoms with Gasteiger partial charge in [-0.25, -0.2) is 9.37 Å². The van der Waals surface area contributed by atoms with Crippen LogP contribution in [-0.2, 0) is 4.74 Å². The Morgan fingerprint density at radius 3 is 2.91 bits per heavy atom. The Balaban J connectivity index is 1.71. The molecule has 2 heterocycles. The molecular weight excluding hydrogens is 303 g/mol. The molecule has 0 radical (unpaired) electrons. The van der Waals surface area contributed by atoms with Crippen LogP contribution in [0.15, 0.2) is 24.3 Å². The fourth-order valence-corrected chi connectivity index (χ4v) is 3.40. The van der Waals surface area contributed by atoms with Crippen LogP contribution in [0.1, 0.15) is 28.2 Å². The molecule has 1 N–H and O–H groups in total. The number of aryl methyl sites for hydroxylation is 1. The number of carbonyl (C=O) groups excluding carboxylic acids is 1. The minimum absolute atomic E-state index is 0.119. The van der Waals surface area contributed by atoms with E-state index < -0.39 is 0 Å². The smallest absolute Gasteiger partial charge is 0.263 e. The zero-order valence-electron chi connectivity index (χ0n) is 12.3. The lowest BCUT2D eigenvalue weighted by Crippen LogP contribution is -2.31. The zero-order chi connectivity index (χ0) is 15.5. The molecule has 1 aliphatic rings. The molecule has 1 unspecified atom stereocenters. The van der Waals surface area contributed by atoms with Crippen molar-refractivity contribution in [2.24, 2.45) is 0 Å². The maximum absolute atomic E-state index is 13.0. The van der Waals surface area contributed by atoms with Gasteiger partial charge in [-0.15, -0.1) is 11.3 Å². The number of hydrogen-bond donors (Lipinski definition) is 1. The number of thiazole rings is 1. The summed E-state index contributed by atoms with van der Waals surface area (Å²) in [5.41, 5.74) is 1.50. The standard InChI is InChI=1S/C16H17FN2O2S/c1-10-14(15(20)18-9-13-3-2-8-21-13)22-16(19-10)11-4-6-12(17)7-5-11/h4-7,13H,2-3,8-9H2,1H3,(H,18,20). The average molecular weight is 320 g/mol. The number of benzene rings is 1. The Kier molecular flexibility index (Phi) is 4.49. The van der Waals surface area contributed by atoms with Crippen molar-refractivity contribution in [3.63, 3.8) is 0 Å². The van der Waals surface area contributed by atoms with Crippen molar-refractivity contribution in [3.05, 3.63) is 40.7 Å². The van der Waals surface area contributed by atoms with E-state index in [1.165, 1.54) is 23.5 Å². The number of aromatic nitrogens is 1. The first-order valence-electron chi connectivity index (χ1n) is 7.26. The minimum Gasteiger partial charge on any atom is -0.376 e. The normalized spacial score (nSPS) is 17.6. The van der Waals surface area contributed by atoms with Gasteiger partial charge in [0.05, 0.1) is 11.8 Å². The molecule has 1 aromatic heterocycles. The summed E-state index contributed by atoms with van der Waals surface area (Å²) in [5.74, 6) is -0.412. The summed E-state index contributed by atoms with van der Waals surface area (Å²) in [6, 6.07) is 6.12. The van der Waals surface area contributed by atoms with E-state index in [1.807, 2.05) is 6.92 Å².